The molecule has 2 aromatic heterocycles. The number of fused-ring (bicyclic) bond motifs is 1. The number of phenolic OH excluding ortho intramolecular Hbond substituents is 2. The second kappa shape index (κ2) is 4.65. The maximum absolute atomic E-state index is 12.1. The molecule has 0 unspecified atom stereocenters. The molecule has 0 spiro atoms. The summed E-state index contributed by atoms with van der Waals surface area (Å²) in [5, 5.41) is 27.0. The van der Waals surface area contributed by atoms with Gasteiger partial charge in [0.2, 0.25) is 0 Å². The molecule has 22 heavy (non-hydrogen) atoms. The first kappa shape index (κ1) is 13.7. The van der Waals surface area contributed by atoms with E-state index in [1.807, 2.05) is 0 Å². The van der Waals surface area contributed by atoms with E-state index in [1.54, 1.807) is 0 Å². The Hall–Kier alpha value is -3.23. The third-order valence-electron chi connectivity index (χ3n) is 3.32. The summed E-state index contributed by atoms with van der Waals surface area (Å²) >= 11 is 0. The molecule has 1 aromatic carbocycles. The zero-order valence-corrected chi connectivity index (χ0v) is 11.7. The van der Waals surface area contributed by atoms with E-state index in [0.29, 0.717) is 0 Å². The van der Waals surface area contributed by atoms with E-state index in [9.17, 15) is 19.8 Å². The van der Waals surface area contributed by atoms with E-state index in [-0.39, 0.29) is 28.3 Å². The Kier molecular flexibility index (Phi) is 2.91. The van der Waals surface area contributed by atoms with Crippen molar-refractivity contribution in [2.45, 2.75) is 0 Å². The molecule has 0 saturated heterocycles. The molecule has 0 amide bonds. The van der Waals surface area contributed by atoms with Crippen molar-refractivity contribution >= 4 is 11.2 Å². The maximum atomic E-state index is 12.1. The number of hydrogen-bond acceptors (Lipinski definition) is 7. The van der Waals surface area contributed by atoms with Crippen LogP contribution in [0.4, 0.5) is 0 Å². The molecule has 3 aromatic rings. The molecule has 3 rings (SSSR count). The molecule has 9 nitrogen and oxygen atoms in total. The summed E-state index contributed by atoms with van der Waals surface area (Å²) in [7, 11) is 2.78. The van der Waals surface area contributed by atoms with E-state index in [0.717, 1.165) is 9.13 Å². The van der Waals surface area contributed by atoms with Crippen LogP contribution in [0.15, 0.2) is 27.8 Å². The average molecular weight is 301 g/mol. The van der Waals surface area contributed by atoms with Gasteiger partial charge in [-0.2, -0.15) is 0 Å². The minimum Gasteiger partial charge on any atom is -0.504 e. The van der Waals surface area contributed by atoms with Gasteiger partial charge in [-0.25, -0.2) is 9.78 Å². The van der Waals surface area contributed by atoms with Crippen molar-refractivity contribution in [1.29, 1.82) is 0 Å². The van der Waals surface area contributed by atoms with Gasteiger partial charge in [-0.15, -0.1) is 10.2 Å². The van der Waals surface area contributed by atoms with Crippen LogP contribution in [0.25, 0.3) is 22.6 Å². The van der Waals surface area contributed by atoms with Crippen LogP contribution in [-0.4, -0.2) is 34.5 Å². The van der Waals surface area contributed by atoms with E-state index < -0.39 is 17.0 Å². The van der Waals surface area contributed by atoms with E-state index >= 15 is 0 Å². The van der Waals surface area contributed by atoms with Crippen molar-refractivity contribution in [3.63, 3.8) is 0 Å². The molecule has 0 radical (unpaired) electrons. The van der Waals surface area contributed by atoms with E-state index in [1.165, 1.54) is 32.3 Å². The van der Waals surface area contributed by atoms with Crippen molar-refractivity contribution in [3.05, 3.63) is 39.0 Å². The molecule has 2 heterocycles. The van der Waals surface area contributed by atoms with Crippen molar-refractivity contribution in [3.8, 4) is 22.9 Å². The smallest absolute Gasteiger partial charge is 0.332 e. The predicted molar refractivity (Wildman–Crippen MR) is 76.6 cm³/mol. The summed E-state index contributed by atoms with van der Waals surface area (Å²) in [5.41, 5.74) is -1.05. The third-order valence-corrected chi connectivity index (χ3v) is 3.32. The highest BCUT2D eigenvalue weighted by Crippen LogP contribution is 2.34. The Bertz CT molecular complexity index is 1020. The number of phenols is 2. The van der Waals surface area contributed by atoms with Gasteiger partial charge in [-0.3, -0.25) is 13.9 Å². The molecule has 112 valence electrons. The number of aromatic hydroxyl groups is 2. The van der Waals surface area contributed by atoms with Crippen LogP contribution < -0.4 is 11.2 Å². The van der Waals surface area contributed by atoms with Crippen LogP contribution in [-0.2, 0) is 14.1 Å². The second-order valence-electron chi connectivity index (χ2n) is 4.69. The Morgan fingerprint density at radius 2 is 1.77 bits per heavy atom. The molecule has 9 heteroatoms. The van der Waals surface area contributed by atoms with Gasteiger partial charge in [-0.1, -0.05) is 6.07 Å². The van der Waals surface area contributed by atoms with Gasteiger partial charge in [0, 0.05) is 14.1 Å². The van der Waals surface area contributed by atoms with Crippen LogP contribution >= 0.6 is 0 Å². The van der Waals surface area contributed by atoms with Crippen molar-refractivity contribution in [1.82, 2.24) is 24.3 Å². The molecule has 0 aliphatic rings. The monoisotopic (exact) mass is 301 g/mol. The largest absolute Gasteiger partial charge is 0.504 e. The van der Waals surface area contributed by atoms with Crippen LogP contribution in [0.5, 0.6) is 11.5 Å². The SMILES string of the molecule is Cn1c(=O)c2nc(-c3cccc(O)c3O)nnc2n(C)c1=O. The van der Waals surface area contributed by atoms with Gasteiger partial charge in [0.1, 0.15) is 0 Å². The summed E-state index contributed by atoms with van der Waals surface area (Å²) in [4.78, 5) is 28.0. The fourth-order valence-corrected chi connectivity index (χ4v) is 2.08. The molecule has 0 bridgehead atoms. The van der Waals surface area contributed by atoms with Crippen LogP contribution in [0.2, 0.25) is 0 Å². The third kappa shape index (κ3) is 1.83. The minimum absolute atomic E-state index is 0.0309. The number of aromatic nitrogens is 5. The number of para-hydroxylation sites is 1. The highest BCUT2D eigenvalue weighted by atomic mass is 16.3. The van der Waals surface area contributed by atoms with Crippen molar-refractivity contribution in [2.24, 2.45) is 14.1 Å². The van der Waals surface area contributed by atoms with E-state index in [2.05, 4.69) is 15.2 Å². The summed E-state index contributed by atoms with van der Waals surface area (Å²) < 4.78 is 2.06. The lowest BCUT2D eigenvalue weighted by Gasteiger charge is -2.07. The first-order valence-corrected chi connectivity index (χ1v) is 6.23. The van der Waals surface area contributed by atoms with Gasteiger partial charge in [-0.05, 0) is 12.1 Å². The molecule has 0 fully saturated rings. The van der Waals surface area contributed by atoms with Gasteiger partial charge in [0.25, 0.3) is 5.56 Å². The number of rotatable bonds is 1. The zero-order chi connectivity index (χ0) is 16.0. The molecule has 2 N–H and O–H groups in total. The van der Waals surface area contributed by atoms with Crippen LogP contribution in [0.1, 0.15) is 0 Å². The number of aryl methyl sites for hydroxylation is 1. The molecular weight excluding hydrogens is 290 g/mol. The summed E-state index contributed by atoms with van der Waals surface area (Å²) in [6, 6.07) is 4.27. The maximum Gasteiger partial charge on any atom is 0.332 e. The first-order chi connectivity index (χ1) is 10.4. The lowest BCUT2D eigenvalue weighted by Crippen LogP contribution is -2.38. The van der Waals surface area contributed by atoms with Crippen LogP contribution in [0.3, 0.4) is 0 Å². The molecule has 0 aliphatic heterocycles. The Balaban J connectivity index is 2.38. The van der Waals surface area contributed by atoms with Crippen molar-refractivity contribution < 1.29 is 10.2 Å². The quantitative estimate of drug-likeness (QED) is 0.581. The number of benzene rings is 1. The highest BCUT2D eigenvalue weighted by molar-refractivity contribution is 5.74. The second-order valence-corrected chi connectivity index (χ2v) is 4.69. The lowest BCUT2D eigenvalue weighted by atomic mass is 10.2. The average Bonchev–Trinajstić information content (AvgIpc) is 2.53. The fourth-order valence-electron chi connectivity index (χ4n) is 2.08. The molecule has 0 atom stereocenters. The molecule has 0 aliphatic carbocycles. The minimum atomic E-state index is -0.617. The normalized spacial score (nSPS) is 11.0. The predicted octanol–water partition coefficient (Wildman–Crippen LogP) is -0.500. The highest BCUT2D eigenvalue weighted by Gasteiger charge is 2.16. The van der Waals surface area contributed by atoms with Gasteiger partial charge in [0.15, 0.2) is 28.5 Å². The molecule has 0 saturated carbocycles. The summed E-state index contributed by atoms with van der Waals surface area (Å²) in [6.45, 7) is 0. The number of hydrogen-bond donors (Lipinski definition) is 2. The Labute approximate surface area is 122 Å². The van der Waals surface area contributed by atoms with Crippen LogP contribution in [0, 0.1) is 0 Å². The zero-order valence-electron chi connectivity index (χ0n) is 11.7. The summed E-state index contributed by atoms with van der Waals surface area (Å²) in [6.07, 6.45) is 0. The fraction of sp³-hybridized carbons (Fsp3) is 0.154. The standard InChI is InChI=1S/C13H11N5O4/c1-17-11-8(12(21)18(2)13(17)22)14-10(15-16-11)6-4-3-5-7(19)9(6)20/h3-5,19-20H,1-2H3. The Morgan fingerprint density at radius 3 is 2.50 bits per heavy atom. The lowest BCUT2D eigenvalue weighted by molar-refractivity contribution is 0.405. The Morgan fingerprint density at radius 1 is 1.05 bits per heavy atom. The topological polar surface area (TPSA) is 123 Å². The molecular formula is C13H11N5O4. The van der Waals surface area contributed by atoms with Gasteiger partial charge in [0.05, 0.1) is 5.56 Å². The van der Waals surface area contributed by atoms with Gasteiger partial charge < -0.3 is 10.2 Å². The summed E-state index contributed by atoms with van der Waals surface area (Å²) in [5.74, 6) is -0.781. The first-order valence-electron chi connectivity index (χ1n) is 6.23. The van der Waals surface area contributed by atoms with Gasteiger partial charge >= 0.3 is 5.69 Å². The van der Waals surface area contributed by atoms with Crippen molar-refractivity contribution in [2.75, 3.05) is 0 Å². The van der Waals surface area contributed by atoms with E-state index in [4.69, 9.17) is 0 Å². The number of nitrogens with zero attached hydrogens (tertiary/aromatic N) is 5.